The second-order valence-electron chi connectivity index (χ2n) is 4.70. The van der Waals surface area contributed by atoms with E-state index in [2.05, 4.69) is 0 Å². The molecule has 0 heterocycles. The van der Waals surface area contributed by atoms with Crippen LogP contribution >= 0.6 is 0 Å². The number of hydrogen-bond acceptors (Lipinski definition) is 3. The zero-order valence-corrected chi connectivity index (χ0v) is 10.6. The molecule has 0 aromatic heterocycles. The minimum atomic E-state index is -0.301. The number of benzene rings is 1. The predicted octanol–water partition coefficient (Wildman–Crippen LogP) is 2.65. The highest BCUT2D eigenvalue weighted by Gasteiger charge is 2.20. The molecule has 1 aromatic rings. The summed E-state index contributed by atoms with van der Waals surface area (Å²) in [7, 11) is 1.51. The second kappa shape index (κ2) is 6.16. The van der Waals surface area contributed by atoms with E-state index in [0.29, 0.717) is 11.3 Å². The molecule has 1 fully saturated rings. The third-order valence-electron chi connectivity index (χ3n) is 3.38. The normalized spacial score (nSPS) is 23.9. The maximum atomic E-state index is 13.7. The van der Waals surface area contributed by atoms with Crippen molar-refractivity contribution in [2.75, 3.05) is 7.11 Å². The number of rotatable bonds is 4. The molecule has 1 N–H and O–H groups in total. The van der Waals surface area contributed by atoms with Gasteiger partial charge in [0.2, 0.25) is 0 Å². The molecule has 0 unspecified atom stereocenters. The van der Waals surface area contributed by atoms with Gasteiger partial charge in [-0.2, -0.15) is 0 Å². The van der Waals surface area contributed by atoms with E-state index in [9.17, 15) is 9.50 Å². The summed E-state index contributed by atoms with van der Waals surface area (Å²) in [6, 6.07) is 4.78. The van der Waals surface area contributed by atoms with Crippen molar-refractivity contribution in [2.24, 2.45) is 0 Å². The van der Waals surface area contributed by atoms with Gasteiger partial charge < -0.3 is 14.6 Å². The van der Waals surface area contributed by atoms with Crippen LogP contribution in [-0.2, 0) is 11.3 Å². The van der Waals surface area contributed by atoms with E-state index in [0.717, 1.165) is 25.7 Å². The van der Waals surface area contributed by atoms with Crippen LogP contribution in [0, 0.1) is 5.82 Å². The molecule has 0 atom stereocenters. The van der Waals surface area contributed by atoms with E-state index < -0.39 is 0 Å². The standard InChI is InChI=1S/C14H19FO3/c1-17-13-5-2-10(14(15)8-13)9-18-12-6-3-11(16)4-7-12/h2,5,8,11-12,16H,3-4,6-7,9H2,1H3. The zero-order valence-electron chi connectivity index (χ0n) is 10.6. The van der Waals surface area contributed by atoms with E-state index in [1.54, 1.807) is 12.1 Å². The molecule has 1 saturated carbocycles. The summed E-state index contributed by atoms with van der Waals surface area (Å²) < 4.78 is 24.3. The Kier molecular flexibility index (Phi) is 4.55. The Morgan fingerprint density at radius 2 is 2.00 bits per heavy atom. The largest absolute Gasteiger partial charge is 0.497 e. The number of halogens is 1. The lowest BCUT2D eigenvalue weighted by Crippen LogP contribution is -2.24. The molecule has 0 aliphatic heterocycles. The molecule has 1 aromatic carbocycles. The van der Waals surface area contributed by atoms with Gasteiger partial charge in [0.1, 0.15) is 11.6 Å². The molecule has 3 nitrogen and oxygen atoms in total. The van der Waals surface area contributed by atoms with Gasteiger partial charge in [-0.1, -0.05) is 6.07 Å². The fourth-order valence-electron chi connectivity index (χ4n) is 2.19. The molecule has 0 radical (unpaired) electrons. The SMILES string of the molecule is COc1ccc(COC2CCC(O)CC2)c(F)c1. The number of hydrogen-bond donors (Lipinski definition) is 1. The van der Waals surface area contributed by atoms with Gasteiger partial charge in [0.15, 0.2) is 0 Å². The first-order chi connectivity index (χ1) is 8.69. The molecule has 2 rings (SSSR count). The quantitative estimate of drug-likeness (QED) is 0.897. The van der Waals surface area contributed by atoms with E-state index in [-0.39, 0.29) is 24.6 Å². The fourth-order valence-corrected chi connectivity index (χ4v) is 2.19. The van der Waals surface area contributed by atoms with Crippen molar-refractivity contribution >= 4 is 0 Å². The predicted molar refractivity (Wildman–Crippen MR) is 66.0 cm³/mol. The van der Waals surface area contributed by atoms with Crippen molar-refractivity contribution < 1.29 is 19.0 Å². The van der Waals surface area contributed by atoms with Crippen molar-refractivity contribution in [3.05, 3.63) is 29.6 Å². The van der Waals surface area contributed by atoms with E-state index >= 15 is 0 Å². The Bertz CT molecular complexity index is 387. The molecule has 0 bridgehead atoms. The summed E-state index contributed by atoms with van der Waals surface area (Å²) in [5.41, 5.74) is 0.543. The fraction of sp³-hybridized carbons (Fsp3) is 0.571. The molecular formula is C14H19FO3. The van der Waals surface area contributed by atoms with Crippen LogP contribution in [0.2, 0.25) is 0 Å². The van der Waals surface area contributed by atoms with E-state index in [4.69, 9.17) is 9.47 Å². The Labute approximate surface area is 107 Å². The number of aliphatic hydroxyl groups is 1. The van der Waals surface area contributed by atoms with Gasteiger partial charge in [-0.15, -0.1) is 0 Å². The lowest BCUT2D eigenvalue weighted by molar-refractivity contribution is -0.0127. The minimum Gasteiger partial charge on any atom is -0.497 e. The van der Waals surface area contributed by atoms with Crippen LogP contribution in [0.4, 0.5) is 4.39 Å². The number of aliphatic hydroxyl groups excluding tert-OH is 1. The van der Waals surface area contributed by atoms with Gasteiger partial charge in [0.25, 0.3) is 0 Å². The maximum absolute atomic E-state index is 13.7. The first-order valence-electron chi connectivity index (χ1n) is 6.31. The first-order valence-corrected chi connectivity index (χ1v) is 6.31. The van der Waals surface area contributed by atoms with Crippen molar-refractivity contribution in [3.8, 4) is 5.75 Å². The van der Waals surface area contributed by atoms with Crippen LogP contribution < -0.4 is 4.74 Å². The molecule has 18 heavy (non-hydrogen) atoms. The monoisotopic (exact) mass is 254 g/mol. The van der Waals surface area contributed by atoms with Crippen LogP contribution in [0.5, 0.6) is 5.75 Å². The summed E-state index contributed by atoms with van der Waals surface area (Å²) in [5.74, 6) is 0.210. The Hall–Kier alpha value is -1.13. The third kappa shape index (κ3) is 3.43. The molecule has 1 aliphatic carbocycles. The van der Waals surface area contributed by atoms with Crippen LogP contribution in [0.15, 0.2) is 18.2 Å². The highest BCUT2D eigenvalue weighted by Crippen LogP contribution is 2.23. The minimum absolute atomic E-state index is 0.134. The van der Waals surface area contributed by atoms with Gasteiger partial charge >= 0.3 is 0 Å². The lowest BCUT2D eigenvalue weighted by atomic mass is 9.95. The van der Waals surface area contributed by atoms with Gasteiger partial charge in [0.05, 0.1) is 25.9 Å². The Morgan fingerprint density at radius 1 is 1.28 bits per heavy atom. The summed E-state index contributed by atoms with van der Waals surface area (Å²) in [5, 5.41) is 9.38. The average Bonchev–Trinajstić information content (AvgIpc) is 2.39. The molecular weight excluding hydrogens is 235 g/mol. The summed E-state index contributed by atoms with van der Waals surface area (Å²) in [6.07, 6.45) is 3.18. The van der Waals surface area contributed by atoms with Gasteiger partial charge in [-0.25, -0.2) is 4.39 Å². The third-order valence-corrected chi connectivity index (χ3v) is 3.38. The lowest BCUT2D eigenvalue weighted by Gasteiger charge is -2.25. The second-order valence-corrected chi connectivity index (χ2v) is 4.70. The van der Waals surface area contributed by atoms with Crippen LogP contribution in [0.25, 0.3) is 0 Å². The van der Waals surface area contributed by atoms with E-state index in [1.807, 2.05) is 0 Å². The highest BCUT2D eigenvalue weighted by molar-refractivity contribution is 5.28. The van der Waals surface area contributed by atoms with Gasteiger partial charge in [0, 0.05) is 11.6 Å². The molecule has 100 valence electrons. The van der Waals surface area contributed by atoms with Crippen LogP contribution in [-0.4, -0.2) is 24.4 Å². The summed E-state index contributed by atoms with van der Waals surface area (Å²) >= 11 is 0. The maximum Gasteiger partial charge on any atom is 0.132 e. The summed E-state index contributed by atoms with van der Waals surface area (Å²) in [4.78, 5) is 0. The Balaban J connectivity index is 1.86. The Morgan fingerprint density at radius 3 is 2.61 bits per heavy atom. The molecule has 1 aliphatic rings. The molecule has 0 saturated heterocycles. The number of methoxy groups -OCH3 is 1. The van der Waals surface area contributed by atoms with E-state index in [1.165, 1.54) is 13.2 Å². The molecule has 4 heteroatoms. The van der Waals surface area contributed by atoms with Crippen molar-refractivity contribution in [2.45, 2.75) is 44.5 Å². The van der Waals surface area contributed by atoms with Gasteiger partial charge in [-0.05, 0) is 31.7 Å². The highest BCUT2D eigenvalue weighted by atomic mass is 19.1. The van der Waals surface area contributed by atoms with Crippen molar-refractivity contribution in [1.29, 1.82) is 0 Å². The number of ether oxygens (including phenoxy) is 2. The van der Waals surface area contributed by atoms with Crippen LogP contribution in [0.3, 0.4) is 0 Å². The van der Waals surface area contributed by atoms with Gasteiger partial charge in [-0.3, -0.25) is 0 Å². The van der Waals surface area contributed by atoms with Crippen molar-refractivity contribution in [1.82, 2.24) is 0 Å². The molecule has 0 amide bonds. The molecule has 0 spiro atoms. The average molecular weight is 254 g/mol. The van der Waals surface area contributed by atoms with Crippen LogP contribution in [0.1, 0.15) is 31.2 Å². The zero-order chi connectivity index (χ0) is 13.0. The summed E-state index contributed by atoms with van der Waals surface area (Å²) in [6.45, 7) is 0.274. The topological polar surface area (TPSA) is 38.7 Å². The smallest absolute Gasteiger partial charge is 0.132 e. The van der Waals surface area contributed by atoms with Crippen molar-refractivity contribution in [3.63, 3.8) is 0 Å². The first kappa shape index (κ1) is 13.3.